The number of methoxy groups -OCH3 is 2. The molecular formula is C29H23FN2O3S. The lowest BCUT2D eigenvalue weighted by molar-refractivity contribution is 0.355. The zero-order valence-corrected chi connectivity index (χ0v) is 20.6. The van der Waals surface area contributed by atoms with Crippen molar-refractivity contribution in [3.05, 3.63) is 120 Å². The second kappa shape index (κ2) is 8.91. The summed E-state index contributed by atoms with van der Waals surface area (Å²) in [4.78, 5) is 19.4. The Bertz CT molecular complexity index is 1720. The van der Waals surface area contributed by atoms with E-state index in [4.69, 9.17) is 14.5 Å². The predicted octanol–water partition coefficient (Wildman–Crippen LogP) is 4.48. The van der Waals surface area contributed by atoms with Crippen molar-refractivity contribution in [3.8, 4) is 11.5 Å². The van der Waals surface area contributed by atoms with Crippen LogP contribution in [0.25, 0.3) is 11.8 Å². The number of allylic oxidation sites excluding steroid dienone is 1. The van der Waals surface area contributed by atoms with Crippen LogP contribution in [0.3, 0.4) is 0 Å². The lowest BCUT2D eigenvalue weighted by Gasteiger charge is -2.30. The summed E-state index contributed by atoms with van der Waals surface area (Å²) >= 11 is 1.34. The summed E-state index contributed by atoms with van der Waals surface area (Å²) in [6.45, 7) is 0. The van der Waals surface area contributed by atoms with Gasteiger partial charge >= 0.3 is 0 Å². The first-order valence-electron chi connectivity index (χ1n) is 11.7. The fourth-order valence-corrected chi connectivity index (χ4v) is 6.09. The standard InChI is InChI=1S/C29H23FN2O3S/c1-34-23-13-10-17(14-24(23)35-2)15-25-28(33)32-27(19-7-5-8-20(30)16-19)22-12-11-18-6-3-4-9-21(18)26(22)31-29(32)36-25/h3-10,13-16,27H,11-12H2,1-2H3/t27-/m0/s1. The van der Waals surface area contributed by atoms with Crippen LogP contribution < -0.4 is 24.4 Å². The first-order chi connectivity index (χ1) is 17.6. The second-order valence-corrected chi connectivity index (χ2v) is 9.79. The van der Waals surface area contributed by atoms with Gasteiger partial charge in [-0.15, -0.1) is 0 Å². The molecule has 0 spiro atoms. The average Bonchev–Trinajstić information content (AvgIpc) is 3.21. The lowest BCUT2D eigenvalue weighted by atomic mass is 9.83. The molecule has 1 aliphatic carbocycles. The van der Waals surface area contributed by atoms with Crippen molar-refractivity contribution < 1.29 is 13.9 Å². The number of aromatic nitrogens is 1. The highest BCUT2D eigenvalue weighted by atomic mass is 32.1. The highest BCUT2D eigenvalue weighted by Crippen LogP contribution is 2.41. The van der Waals surface area contributed by atoms with Crippen molar-refractivity contribution in [2.75, 3.05) is 14.2 Å². The van der Waals surface area contributed by atoms with Gasteiger partial charge in [0.15, 0.2) is 16.3 Å². The predicted molar refractivity (Wildman–Crippen MR) is 139 cm³/mol. The van der Waals surface area contributed by atoms with Gasteiger partial charge in [0.05, 0.1) is 30.5 Å². The van der Waals surface area contributed by atoms with Crippen LogP contribution in [-0.4, -0.2) is 18.8 Å². The van der Waals surface area contributed by atoms with Gasteiger partial charge in [0.1, 0.15) is 5.82 Å². The minimum atomic E-state index is -0.409. The molecule has 0 bridgehead atoms. The summed E-state index contributed by atoms with van der Waals surface area (Å²) in [7, 11) is 3.17. The van der Waals surface area contributed by atoms with Gasteiger partial charge in [0, 0.05) is 5.56 Å². The largest absolute Gasteiger partial charge is 0.493 e. The second-order valence-electron chi connectivity index (χ2n) is 8.78. The Morgan fingerprint density at radius 3 is 2.64 bits per heavy atom. The minimum Gasteiger partial charge on any atom is -0.493 e. The maximum absolute atomic E-state index is 14.3. The van der Waals surface area contributed by atoms with Crippen LogP contribution in [0, 0.1) is 5.82 Å². The number of rotatable bonds is 4. The Kier molecular flexibility index (Phi) is 5.57. The van der Waals surface area contributed by atoms with Gasteiger partial charge < -0.3 is 9.47 Å². The van der Waals surface area contributed by atoms with Gasteiger partial charge in [-0.05, 0) is 65.4 Å². The number of nitrogens with zero attached hydrogens (tertiary/aromatic N) is 2. The van der Waals surface area contributed by atoms with E-state index in [2.05, 4.69) is 12.1 Å². The van der Waals surface area contributed by atoms with E-state index >= 15 is 0 Å². The topological polar surface area (TPSA) is 52.8 Å². The lowest BCUT2D eigenvalue weighted by Crippen LogP contribution is -2.38. The molecule has 0 saturated carbocycles. The van der Waals surface area contributed by atoms with Crippen molar-refractivity contribution in [3.63, 3.8) is 0 Å². The summed E-state index contributed by atoms with van der Waals surface area (Å²) in [5, 5.41) is 0. The van der Waals surface area contributed by atoms with Crippen molar-refractivity contribution in [2.45, 2.75) is 18.9 Å². The van der Waals surface area contributed by atoms with Crippen LogP contribution in [0.5, 0.6) is 11.5 Å². The van der Waals surface area contributed by atoms with E-state index in [0.717, 1.165) is 40.8 Å². The molecule has 180 valence electrons. The molecule has 0 amide bonds. The van der Waals surface area contributed by atoms with E-state index in [0.29, 0.717) is 20.8 Å². The smallest absolute Gasteiger partial charge is 0.271 e. The molecular weight excluding hydrogens is 475 g/mol. The molecule has 0 unspecified atom stereocenters. The van der Waals surface area contributed by atoms with Crippen molar-refractivity contribution in [1.82, 2.24) is 4.57 Å². The Labute approximate surface area is 211 Å². The Balaban J connectivity index is 1.59. The number of aryl methyl sites for hydroxylation is 1. The summed E-state index contributed by atoms with van der Waals surface area (Å²) in [6.07, 6.45) is 3.45. The van der Waals surface area contributed by atoms with Crippen LogP contribution >= 0.6 is 11.3 Å². The highest BCUT2D eigenvalue weighted by molar-refractivity contribution is 7.07. The van der Waals surface area contributed by atoms with Gasteiger partial charge in [-0.2, -0.15) is 0 Å². The molecule has 0 fully saturated rings. The summed E-state index contributed by atoms with van der Waals surface area (Å²) < 4.78 is 27.4. The highest BCUT2D eigenvalue weighted by Gasteiger charge is 2.32. The molecule has 1 aromatic heterocycles. The molecule has 1 aliphatic heterocycles. The molecule has 7 heteroatoms. The number of fused-ring (bicyclic) bond motifs is 3. The van der Waals surface area contributed by atoms with Crippen LogP contribution in [-0.2, 0) is 6.42 Å². The maximum atomic E-state index is 14.3. The molecule has 4 aromatic rings. The van der Waals surface area contributed by atoms with Crippen LogP contribution in [0.15, 0.2) is 82.1 Å². The molecule has 1 atom stereocenters. The number of hydrogen-bond acceptors (Lipinski definition) is 5. The van der Waals surface area contributed by atoms with Crippen LogP contribution in [0.2, 0.25) is 0 Å². The van der Waals surface area contributed by atoms with Crippen LogP contribution in [0.4, 0.5) is 4.39 Å². The molecule has 5 nitrogen and oxygen atoms in total. The normalized spacial score (nSPS) is 16.6. The zero-order chi connectivity index (χ0) is 24.8. The molecule has 0 radical (unpaired) electrons. The van der Waals surface area contributed by atoms with E-state index in [9.17, 15) is 9.18 Å². The van der Waals surface area contributed by atoms with E-state index in [1.807, 2.05) is 42.5 Å². The molecule has 0 saturated heterocycles. The van der Waals surface area contributed by atoms with Crippen LogP contribution in [0.1, 0.15) is 34.7 Å². The summed E-state index contributed by atoms with van der Waals surface area (Å²) in [6, 6.07) is 19.9. The van der Waals surface area contributed by atoms with Gasteiger partial charge in [-0.1, -0.05) is 53.8 Å². The number of hydrogen-bond donors (Lipinski definition) is 0. The summed E-state index contributed by atoms with van der Waals surface area (Å²) in [5.41, 5.74) is 5.67. The third-order valence-electron chi connectivity index (χ3n) is 6.74. The average molecular weight is 499 g/mol. The number of thiazole rings is 1. The number of halogens is 1. The molecule has 0 N–H and O–H groups in total. The SMILES string of the molecule is COc1ccc(C=c2sc3n(c2=O)[C@@H](c2cccc(F)c2)C2=C(N=3)c3ccccc3CC2)cc1OC. The van der Waals surface area contributed by atoms with E-state index in [1.165, 1.54) is 29.0 Å². The molecule has 3 aromatic carbocycles. The fourth-order valence-electron chi connectivity index (χ4n) is 5.09. The van der Waals surface area contributed by atoms with Gasteiger partial charge in [-0.3, -0.25) is 9.36 Å². The zero-order valence-electron chi connectivity index (χ0n) is 19.8. The van der Waals surface area contributed by atoms with Crippen molar-refractivity contribution >= 4 is 23.1 Å². The first kappa shape index (κ1) is 22.5. The van der Waals surface area contributed by atoms with Gasteiger partial charge in [-0.25, -0.2) is 9.38 Å². The third kappa shape index (κ3) is 3.67. The van der Waals surface area contributed by atoms with Gasteiger partial charge in [0.2, 0.25) is 0 Å². The maximum Gasteiger partial charge on any atom is 0.271 e. The molecule has 36 heavy (non-hydrogen) atoms. The fraction of sp³-hybridized carbons (Fsp3) is 0.172. The molecule has 6 rings (SSSR count). The van der Waals surface area contributed by atoms with Gasteiger partial charge in [0.25, 0.3) is 5.56 Å². The molecule has 2 aliphatic rings. The monoisotopic (exact) mass is 498 g/mol. The summed E-state index contributed by atoms with van der Waals surface area (Å²) in [5.74, 6) is 0.882. The van der Waals surface area contributed by atoms with E-state index in [1.54, 1.807) is 24.9 Å². The third-order valence-corrected chi connectivity index (χ3v) is 7.73. The quantitative estimate of drug-likeness (QED) is 0.417. The Hall–Kier alpha value is -3.97. The van der Waals surface area contributed by atoms with E-state index < -0.39 is 6.04 Å². The Morgan fingerprint density at radius 2 is 1.83 bits per heavy atom. The van der Waals surface area contributed by atoms with E-state index in [-0.39, 0.29) is 11.4 Å². The first-order valence-corrected chi connectivity index (χ1v) is 12.5. The Morgan fingerprint density at radius 1 is 1.00 bits per heavy atom. The molecule has 2 heterocycles. The van der Waals surface area contributed by atoms with Crippen molar-refractivity contribution in [1.29, 1.82) is 0 Å². The minimum absolute atomic E-state index is 0.145. The van der Waals surface area contributed by atoms with Crippen molar-refractivity contribution in [2.24, 2.45) is 4.99 Å². The number of benzene rings is 3. The number of ether oxygens (including phenoxy) is 2.